The third kappa shape index (κ3) is 3.06. The molecular weight excluding hydrogens is 337 g/mol. The van der Waals surface area contributed by atoms with Gasteiger partial charge >= 0.3 is 0 Å². The Kier molecular flexibility index (Phi) is 4.57. The molecule has 0 bridgehead atoms. The van der Waals surface area contributed by atoms with E-state index in [2.05, 4.69) is 15.4 Å². The summed E-state index contributed by atoms with van der Waals surface area (Å²) in [5, 5.41) is 8.47. The van der Waals surface area contributed by atoms with E-state index in [4.69, 9.17) is 23.2 Å². The minimum atomic E-state index is -0.205. The molecule has 1 N–H and O–H groups in total. The van der Waals surface area contributed by atoms with E-state index in [1.807, 2.05) is 0 Å². The smallest absolute Gasteiger partial charge is 0.293 e. The Morgan fingerprint density at radius 1 is 1.39 bits per heavy atom. The highest BCUT2D eigenvalue weighted by Gasteiger charge is 2.27. The molecule has 23 heavy (non-hydrogen) atoms. The van der Waals surface area contributed by atoms with E-state index in [1.165, 1.54) is 4.68 Å². The molecule has 2 aromatic rings. The van der Waals surface area contributed by atoms with Crippen molar-refractivity contribution in [3.05, 3.63) is 39.9 Å². The molecule has 1 aliphatic rings. The molecule has 122 valence electrons. The van der Waals surface area contributed by atoms with Crippen LogP contribution in [0.1, 0.15) is 22.9 Å². The summed E-state index contributed by atoms with van der Waals surface area (Å²) < 4.78 is 1.51. The van der Waals surface area contributed by atoms with Crippen LogP contribution in [0.25, 0.3) is 5.69 Å². The van der Waals surface area contributed by atoms with E-state index in [0.717, 1.165) is 19.5 Å². The van der Waals surface area contributed by atoms with Crippen LogP contribution in [0.4, 0.5) is 0 Å². The summed E-state index contributed by atoms with van der Waals surface area (Å²) in [4.78, 5) is 18.6. The summed E-state index contributed by atoms with van der Waals surface area (Å²) in [6, 6.07) is 5.37. The Labute approximate surface area is 144 Å². The molecule has 1 fully saturated rings. The van der Waals surface area contributed by atoms with Crippen molar-refractivity contribution < 1.29 is 4.79 Å². The van der Waals surface area contributed by atoms with Gasteiger partial charge < -0.3 is 10.2 Å². The number of halogens is 2. The van der Waals surface area contributed by atoms with Crippen molar-refractivity contribution >= 4 is 29.1 Å². The van der Waals surface area contributed by atoms with E-state index >= 15 is 0 Å². The van der Waals surface area contributed by atoms with E-state index < -0.39 is 0 Å². The SMILES string of the molecule is Cc1nc(C(=O)N(C)[C@H]2CCNC2)nn1-c1c(Cl)cccc1Cl. The normalized spacial score (nSPS) is 17.5. The summed E-state index contributed by atoms with van der Waals surface area (Å²) in [7, 11) is 1.78. The Bertz CT molecular complexity index is 719. The van der Waals surface area contributed by atoms with Gasteiger partial charge in [-0.05, 0) is 32.0 Å². The molecule has 6 nitrogen and oxygen atoms in total. The van der Waals surface area contributed by atoms with E-state index in [9.17, 15) is 4.79 Å². The number of carbonyl (C=O) groups is 1. The molecule has 0 spiro atoms. The molecule has 1 aliphatic heterocycles. The van der Waals surface area contributed by atoms with Crippen LogP contribution < -0.4 is 5.32 Å². The largest absolute Gasteiger partial charge is 0.335 e. The maximum atomic E-state index is 12.6. The Hall–Kier alpha value is -1.63. The Balaban J connectivity index is 1.93. The van der Waals surface area contributed by atoms with Crippen molar-refractivity contribution in [3.63, 3.8) is 0 Å². The maximum Gasteiger partial charge on any atom is 0.293 e. The summed E-state index contributed by atoms with van der Waals surface area (Å²) in [5.41, 5.74) is 0.532. The third-order valence-electron chi connectivity index (χ3n) is 4.01. The molecule has 1 saturated heterocycles. The number of likely N-dealkylation sites (N-methyl/N-ethyl adjacent to an activating group) is 1. The van der Waals surface area contributed by atoms with Gasteiger partial charge in [-0.15, -0.1) is 5.10 Å². The molecule has 2 heterocycles. The predicted octanol–water partition coefficient (Wildman–Crippen LogP) is 2.32. The quantitative estimate of drug-likeness (QED) is 0.919. The average Bonchev–Trinajstić information content (AvgIpc) is 3.16. The molecule has 1 aromatic heterocycles. The number of amides is 1. The first kappa shape index (κ1) is 16.2. The van der Waals surface area contributed by atoms with Gasteiger partial charge in [-0.1, -0.05) is 29.3 Å². The summed E-state index contributed by atoms with van der Waals surface area (Å²) in [6.07, 6.45) is 0.929. The van der Waals surface area contributed by atoms with Crippen LogP contribution >= 0.6 is 23.2 Å². The van der Waals surface area contributed by atoms with Crippen molar-refractivity contribution in [1.82, 2.24) is 25.0 Å². The Morgan fingerprint density at radius 2 is 2.09 bits per heavy atom. The first-order chi connectivity index (χ1) is 11.0. The van der Waals surface area contributed by atoms with Crippen LogP contribution in [0.2, 0.25) is 10.0 Å². The fraction of sp³-hybridized carbons (Fsp3) is 0.400. The average molecular weight is 354 g/mol. The van der Waals surface area contributed by atoms with Crippen LogP contribution in [0.3, 0.4) is 0 Å². The number of carbonyl (C=O) groups excluding carboxylic acids is 1. The van der Waals surface area contributed by atoms with Gasteiger partial charge in [0, 0.05) is 19.6 Å². The van der Waals surface area contributed by atoms with Crippen molar-refractivity contribution in [2.45, 2.75) is 19.4 Å². The number of rotatable bonds is 3. The van der Waals surface area contributed by atoms with Gasteiger partial charge in [-0.3, -0.25) is 4.79 Å². The number of nitrogens with one attached hydrogen (secondary N) is 1. The molecule has 0 unspecified atom stereocenters. The number of benzene rings is 1. The minimum absolute atomic E-state index is 0.146. The molecule has 0 saturated carbocycles. The lowest BCUT2D eigenvalue weighted by Gasteiger charge is -2.22. The highest BCUT2D eigenvalue weighted by atomic mass is 35.5. The van der Waals surface area contributed by atoms with Gasteiger partial charge in [0.1, 0.15) is 11.5 Å². The van der Waals surface area contributed by atoms with Gasteiger partial charge in [0.2, 0.25) is 5.82 Å². The maximum absolute atomic E-state index is 12.6. The van der Waals surface area contributed by atoms with Gasteiger partial charge in [0.05, 0.1) is 10.0 Å². The van der Waals surface area contributed by atoms with Crippen molar-refractivity contribution in [1.29, 1.82) is 0 Å². The molecule has 1 atom stereocenters. The molecule has 0 aliphatic carbocycles. The number of aromatic nitrogens is 3. The van der Waals surface area contributed by atoms with Crippen LogP contribution in [-0.4, -0.2) is 51.8 Å². The van der Waals surface area contributed by atoms with Crippen LogP contribution in [0.5, 0.6) is 0 Å². The Morgan fingerprint density at radius 3 is 2.70 bits per heavy atom. The van der Waals surface area contributed by atoms with Crippen molar-refractivity contribution in [2.75, 3.05) is 20.1 Å². The molecular formula is C15H17Cl2N5O. The zero-order valence-electron chi connectivity index (χ0n) is 12.9. The van der Waals surface area contributed by atoms with E-state index in [0.29, 0.717) is 21.6 Å². The zero-order valence-corrected chi connectivity index (χ0v) is 14.4. The van der Waals surface area contributed by atoms with Gasteiger partial charge in [-0.25, -0.2) is 9.67 Å². The highest BCUT2D eigenvalue weighted by Crippen LogP contribution is 2.28. The first-order valence-electron chi connectivity index (χ1n) is 7.35. The van der Waals surface area contributed by atoms with Gasteiger partial charge in [0.25, 0.3) is 5.91 Å². The third-order valence-corrected chi connectivity index (χ3v) is 4.62. The topological polar surface area (TPSA) is 63.1 Å². The second-order valence-electron chi connectivity index (χ2n) is 5.53. The van der Waals surface area contributed by atoms with E-state index in [-0.39, 0.29) is 17.8 Å². The van der Waals surface area contributed by atoms with Crippen molar-refractivity contribution in [2.24, 2.45) is 0 Å². The second-order valence-corrected chi connectivity index (χ2v) is 6.34. The first-order valence-corrected chi connectivity index (χ1v) is 8.10. The van der Waals surface area contributed by atoms with Crippen LogP contribution in [0, 0.1) is 6.92 Å². The lowest BCUT2D eigenvalue weighted by Crippen LogP contribution is -2.38. The van der Waals surface area contributed by atoms with Gasteiger partial charge in [-0.2, -0.15) is 0 Å². The van der Waals surface area contributed by atoms with E-state index in [1.54, 1.807) is 37.1 Å². The molecule has 0 radical (unpaired) electrons. The number of aryl methyl sites for hydroxylation is 1. The standard InChI is InChI=1S/C15H17Cl2N5O/c1-9-19-14(15(23)21(2)10-6-7-18-8-10)20-22(9)13-11(16)4-3-5-12(13)17/h3-5,10,18H,6-8H2,1-2H3/t10-/m0/s1. The second kappa shape index (κ2) is 6.47. The summed E-state index contributed by atoms with van der Waals surface area (Å²) in [6.45, 7) is 3.47. The number of hydrogen-bond acceptors (Lipinski definition) is 4. The number of nitrogens with zero attached hydrogens (tertiary/aromatic N) is 4. The zero-order chi connectivity index (χ0) is 16.6. The van der Waals surface area contributed by atoms with Crippen LogP contribution in [-0.2, 0) is 0 Å². The summed E-state index contributed by atoms with van der Waals surface area (Å²) >= 11 is 12.4. The minimum Gasteiger partial charge on any atom is -0.335 e. The highest BCUT2D eigenvalue weighted by molar-refractivity contribution is 6.37. The predicted molar refractivity (Wildman–Crippen MR) is 89.5 cm³/mol. The monoisotopic (exact) mass is 353 g/mol. The fourth-order valence-corrected chi connectivity index (χ4v) is 3.23. The number of hydrogen-bond donors (Lipinski definition) is 1. The molecule has 1 aromatic carbocycles. The van der Waals surface area contributed by atoms with Crippen molar-refractivity contribution in [3.8, 4) is 5.69 Å². The summed E-state index contributed by atoms with van der Waals surface area (Å²) in [5.74, 6) is 0.498. The lowest BCUT2D eigenvalue weighted by molar-refractivity contribution is 0.0731. The fourth-order valence-electron chi connectivity index (χ4n) is 2.68. The lowest BCUT2D eigenvalue weighted by atomic mass is 10.2. The molecule has 8 heteroatoms. The van der Waals surface area contributed by atoms with Gasteiger partial charge in [0.15, 0.2) is 0 Å². The molecule has 3 rings (SSSR count). The van der Waals surface area contributed by atoms with Crippen LogP contribution in [0.15, 0.2) is 18.2 Å². The number of para-hydroxylation sites is 1. The molecule has 1 amide bonds.